The lowest BCUT2D eigenvalue weighted by molar-refractivity contribution is 0.131. The molecular formula is C23H24N2O2. The molecule has 1 fully saturated rings. The van der Waals surface area contributed by atoms with Gasteiger partial charge in [-0.2, -0.15) is 0 Å². The van der Waals surface area contributed by atoms with Crippen molar-refractivity contribution in [3.05, 3.63) is 59.7 Å². The van der Waals surface area contributed by atoms with Crippen molar-refractivity contribution in [2.75, 3.05) is 26.2 Å². The van der Waals surface area contributed by atoms with Gasteiger partial charge < -0.3 is 10.1 Å². The van der Waals surface area contributed by atoms with Crippen LogP contribution in [0.1, 0.15) is 29.9 Å². The highest BCUT2D eigenvalue weighted by Gasteiger charge is 2.29. The lowest BCUT2D eigenvalue weighted by Crippen LogP contribution is -2.45. The molecule has 0 unspecified atom stereocenters. The summed E-state index contributed by atoms with van der Waals surface area (Å²) in [6, 6.07) is 16.9. The second-order valence-corrected chi connectivity index (χ2v) is 7.22. The molecule has 0 atom stereocenters. The number of alkyl carbamates (subject to hydrolysis) is 1. The molecule has 1 amide bonds. The van der Waals surface area contributed by atoms with Gasteiger partial charge in [0.1, 0.15) is 6.61 Å². The molecule has 2 aromatic rings. The number of benzene rings is 2. The molecule has 1 aliphatic carbocycles. The zero-order valence-electron chi connectivity index (χ0n) is 15.4. The molecule has 0 radical (unpaired) electrons. The largest absolute Gasteiger partial charge is 0.449 e. The summed E-state index contributed by atoms with van der Waals surface area (Å²) in [6.45, 7) is 2.87. The highest BCUT2D eigenvalue weighted by atomic mass is 16.5. The number of rotatable bonds is 4. The number of piperidine rings is 1. The van der Waals surface area contributed by atoms with Crippen molar-refractivity contribution < 1.29 is 9.53 Å². The summed E-state index contributed by atoms with van der Waals surface area (Å²) in [5.74, 6) is 2.77. The summed E-state index contributed by atoms with van der Waals surface area (Å²) in [5, 5.41) is 3.01. The van der Waals surface area contributed by atoms with Crippen LogP contribution in [0.3, 0.4) is 0 Å². The van der Waals surface area contributed by atoms with E-state index < -0.39 is 0 Å². The Bertz CT molecular complexity index is 817. The highest BCUT2D eigenvalue weighted by Crippen LogP contribution is 2.44. The van der Waals surface area contributed by atoms with E-state index in [4.69, 9.17) is 11.2 Å². The molecule has 1 heterocycles. The van der Waals surface area contributed by atoms with Crippen LogP contribution in [-0.4, -0.2) is 43.3 Å². The summed E-state index contributed by atoms with van der Waals surface area (Å²) >= 11 is 0. The third kappa shape index (κ3) is 3.70. The maximum Gasteiger partial charge on any atom is 0.407 e. The van der Waals surface area contributed by atoms with Crippen molar-refractivity contribution in [1.82, 2.24) is 10.2 Å². The fourth-order valence-corrected chi connectivity index (χ4v) is 4.17. The van der Waals surface area contributed by atoms with Crippen LogP contribution in [-0.2, 0) is 4.74 Å². The maximum absolute atomic E-state index is 12.3. The molecule has 4 rings (SSSR count). The number of hydrogen-bond donors (Lipinski definition) is 1. The van der Waals surface area contributed by atoms with E-state index in [1.54, 1.807) is 0 Å². The zero-order chi connectivity index (χ0) is 18.6. The normalized spacial score (nSPS) is 17.0. The second-order valence-electron chi connectivity index (χ2n) is 7.22. The van der Waals surface area contributed by atoms with Gasteiger partial charge in [-0.1, -0.05) is 54.5 Å². The van der Waals surface area contributed by atoms with Crippen LogP contribution in [0.15, 0.2) is 48.5 Å². The van der Waals surface area contributed by atoms with Crippen LogP contribution in [0.5, 0.6) is 0 Å². The standard InChI is InChI=1S/C23H24N2O2/c1-2-13-25-14-11-17(12-15-25)24-23(26)27-16-22-20-9-5-3-7-18(20)19-8-4-6-10-21(19)22/h1,3-10,17,22H,11-16H2,(H,24,26). The smallest absolute Gasteiger partial charge is 0.407 e. The molecule has 1 saturated heterocycles. The predicted octanol–water partition coefficient (Wildman–Crippen LogP) is 3.62. The number of ether oxygens (including phenoxy) is 1. The minimum Gasteiger partial charge on any atom is -0.449 e. The number of likely N-dealkylation sites (tertiary alicyclic amines) is 1. The average molecular weight is 360 g/mol. The van der Waals surface area contributed by atoms with Crippen LogP contribution >= 0.6 is 0 Å². The topological polar surface area (TPSA) is 41.6 Å². The van der Waals surface area contributed by atoms with E-state index in [1.807, 2.05) is 12.1 Å². The van der Waals surface area contributed by atoms with E-state index in [-0.39, 0.29) is 18.1 Å². The van der Waals surface area contributed by atoms with Gasteiger partial charge in [0.05, 0.1) is 6.54 Å². The van der Waals surface area contributed by atoms with E-state index in [1.165, 1.54) is 22.3 Å². The van der Waals surface area contributed by atoms with Gasteiger partial charge in [0.15, 0.2) is 0 Å². The Balaban J connectivity index is 1.35. The van der Waals surface area contributed by atoms with Gasteiger partial charge in [-0.3, -0.25) is 4.90 Å². The quantitative estimate of drug-likeness (QED) is 0.847. The number of hydrogen-bond acceptors (Lipinski definition) is 3. The van der Waals surface area contributed by atoms with Gasteiger partial charge in [0, 0.05) is 25.0 Å². The first-order valence-electron chi connectivity index (χ1n) is 9.53. The monoisotopic (exact) mass is 360 g/mol. The van der Waals surface area contributed by atoms with Crippen molar-refractivity contribution in [2.45, 2.75) is 24.8 Å². The minimum absolute atomic E-state index is 0.0978. The summed E-state index contributed by atoms with van der Waals surface area (Å²) in [6.07, 6.45) is 6.85. The van der Waals surface area contributed by atoms with Crippen molar-refractivity contribution >= 4 is 6.09 Å². The Morgan fingerprint density at radius 3 is 2.26 bits per heavy atom. The lowest BCUT2D eigenvalue weighted by atomic mass is 9.98. The Hall–Kier alpha value is -2.77. The van der Waals surface area contributed by atoms with Crippen molar-refractivity contribution in [2.24, 2.45) is 0 Å². The number of nitrogens with zero attached hydrogens (tertiary/aromatic N) is 1. The molecular weight excluding hydrogens is 336 g/mol. The maximum atomic E-state index is 12.3. The van der Waals surface area contributed by atoms with Crippen LogP contribution in [0.2, 0.25) is 0 Å². The Morgan fingerprint density at radius 1 is 1.07 bits per heavy atom. The molecule has 1 N–H and O–H groups in total. The first-order valence-corrected chi connectivity index (χ1v) is 9.53. The minimum atomic E-state index is -0.327. The van der Waals surface area contributed by atoms with Crippen LogP contribution in [0, 0.1) is 12.3 Å². The summed E-state index contributed by atoms with van der Waals surface area (Å²) < 4.78 is 5.62. The Kier molecular flexibility index (Phi) is 5.13. The van der Waals surface area contributed by atoms with Crippen molar-refractivity contribution in [3.63, 3.8) is 0 Å². The molecule has 0 spiro atoms. The Labute approximate surface area is 160 Å². The molecule has 2 aliphatic rings. The van der Waals surface area contributed by atoms with E-state index in [2.05, 4.69) is 52.5 Å². The Morgan fingerprint density at radius 2 is 1.67 bits per heavy atom. The fraction of sp³-hybridized carbons (Fsp3) is 0.348. The third-order valence-electron chi connectivity index (χ3n) is 5.57. The fourth-order valence-electron chi connectivity index (χ4n) is 4.17. The molecule has 27 heavy (non-hydrogen) atoms. The number of terminal acetylenes is 1. The second kappa shape index (κ2) is 7.85. The number of nitrogens with one attached hydrogen (secondary N) is 1. The summed E-state index contributed by atoms with van der Waals surface area (Å²) in [7, 11) is 0. The first kappa shape index (κ1) is 17.6. The van der Waals surface area contributed by atoms with Gasteiger partial charge in [-0.05, 0) is 35.1 Å². The van der Waals surface area contributed by atoms with Gasteiger partial charge in [-0.15, -0.1) is 6.42 Å². The van der Waals surface area contributed by atoms with Crippen LogP contribution < -0.4 is 5.32 Å². The number of fused-ring (bicyclic) bond motifs is 3. The van der Waals surface area contributed by atoms with E-state index in [0.29, 0.717) is 13.2 Å². The van der Waals surface area contributed by atoms with Crippen molar-refractivity contribution in [3.8, 4) is 23.5 Å². The molecule has 4 nitrogen and oxygen atoms in total. The molecule has 0 saturated carbocycles. The lowest BCUT2D eigenvalue weighted by Gasteiger charge is -2.30. The summed E-state index contributed by atoms with van der Waals surface area (Å²) in [4.78, 5) is 14.6. The van der Waals surface area contributed by atoms with Crippen LogP contribution in [0.25, 0.3) is 11.1 Å². The average Bonchev–Trinajstić information content (AvgIpc) is 3.02. The van der Waals surface area contributed by atoms with Gasteiger partial charge in [0.2, 0.25) is 0 Å². The first-order chi connectivity index (χ1) is 13.3. The molecule has 0 bridgehead atoms. The third-order valence-corrected chi connectivity index (χ3v) is 5.57. The summed E-state index contributed by atoms with van der Waals surface area (Å²) in [5.41, 5.74) is 4.94. The predicted molar refractivity (Wildman–Crippen MR) is 106 cm³/mol. The van der Waals surface area contributed by atoms with Gasteiger partial charge in [-0.25, -0.2) is 4.79 Å². The highest BCUT2D eigenvalue weighted by molar-refractivity contribution is 5.79. The molecule has 1 aliphatic heterocycles. The molecule has 0 aromatic heterocycles. The van der Waals surface area contributed by atoms with Crippen molar-refractivity contribution in [1.29, 1.82) is 0 Å². The van der Waals surface area contributed by atoms with E-state index >= 15 is 0 Å². The molecule has 2 aromatic carbocycles. The van der Waals surface area contributed by atoms with Gasteiger partial charge >= 0.3 is 6.09 Å². The molecule has 4 heteroatoms. The zero-order valence-corrected chi connectivity index (χ0v) is 15.4. The number of carbonyl (C=O) groups excluding carboxylic acids is 1. The van der Waals surface area contributed by atoms with Gasteiger partial charge in [0.25, 0.3) is 0 Å². The van der Waals surface area contributed by atoms with E-state index in [9.17, 15) is 4.79 Å². The van der Waals surface area contributed by atoms with Crippen LogP contribution in [0.4, 0.5) is 4.79 Å². The molecule has 138 valence electrons. The number of amides is 1. The van der Waals surface area contributed by atoms with E-state index in [0.717, 1.165) is 25.9 Å². The SMILES string of the molecule is C#CCN1CCC(NC(=O)OCC2c3ccccc3-c3ccccc32)CC1. The number of carbonyl (C=O) groups is 1.